The SMILES string of the molecule is CCC(O)(c1cccc(Br)c1)C1(C#N)CCCC1. The van der Waals surface area contributed by atoms with E-state index in [4.69, 9.17) is 0 Å². The molecule has 1 aliphatic rings. The number of halogens is 1. The smallest absolute Gasteiger partial charge is 0.108 e. The molecule has 1 fully saturated rings. The van der Waals surface area contributed by atoms with Crippen LogP contribution in [0.15, 0.2) is 28.7 Å². The first-order chi connectivity index (χ1) is 8.58. The predicted octanol–water partition coefficient (Wildman–Crippen LogP) is 4.13. The Balaban J connectivity index is 2.51. The maximum absolute atomic E-state index is 11.1. The Morgan fingerprint density at radius 2 is 2.11 bits per heavy atom. The van der Waals surface area contributed by atoms with Gasteiger partial charge in [-0.3, -0.25) is 0 Å². The zero-order valence-electron chi connectivity index (χ0n) is 10.6. The van der Waals surface area contributed by atoms with Gasteiger partial charge in [0.1, 0.15) is 5.60 Å². The second kappa shape index (κ2) is 5.03. The van der Waals surface area contributed by atoms with Crippen molar-refractivity contribution in [3.63, 3.8) is 0 Å². The molecule has 0 aromatic heterocycles. The van der Waals surface area contributed by atoms with Crippen molar-refractivity contribution in [2.75, 3.05) is 0 Å². The van der Waals surface area contributed by atoms with E-state index in [0.717, 1.165) is 35.7 Å². The average molecular weight is 308 g/mol. The summed E-state index contributed by atoms with van der Waals surface area (Å²) in [7, 11) is 0. The first kappa shape index (κ1) is 13.6. The molecule has 1 N–H and O–H groups in total. The van der Waals surface area contributed by atoms with Gasteiger partial charge in [-0.2, -0.15) is 5.26 Å². The fourth-order valence-electron chi connectivity index (χ4n) is 3.16. The van der Waals surface area contributed by atoms with Crippen LogP contribution in [0.2, 0.25) is 0 Å². The van der Waals surface area contributed by atoms with Gasteiger partial charge in [0.15, 0.2) is 0 Å². The molecule has 1 aromatic rings. The van der Waals surface area contributed by atoms with Crippen molar-refractivity contribution in [2.45, 2.75) is 44.6 Å². The van der Waals surface area contributed by atoms with Gasteiger partial charge in [0.2, 0.25) is 0 Å². The van der Waals surface area contributed by atoms with Gasteiger partial charge in [0, 0.05) is 4.47 Å². The highest BCUT2D eigenvalue weighted by molar-refractivity contribution is 9.10. The summed E-state index contributed by atoms with van der Waals surface area (Å²) in [6.07, 6.45) is 4.21. The summed E-state index contributed by atoms with van der Waals surface area (Å²) < 4.78 is 0.943. The van der Waals surface area contributed by atoms with Crippen LogP contribution in [0.4, 0.5) is 0 Å². The third-order valence-electron chi connectivity index (χ3n) is 4.28. The average Bonchev–Trinajstić information content (AvgIpc) is 2.88. The van der Waals surface area contributed by atoms with Crippen LogP contribution in [0, 0.1) is 16.7 Å². The molecule has 0 radical (unpaired) electrons. The van der Waals surface area contributed by atoms with Gasteiger partial charge < -0.3 is 5.11 Å². The number of nitriles is 1. The van der Waals surface area contributed by atoms with Gasteiger partial charge >= 0.3 is 0 Å². The number of hydrogen-bond acceptors (Lipinski definition) is 2. The summed E-state index contributed by atoms with van der Waals surface area (Å²) in [5, 5.41) is 20.7. The maximum Gasteiger partial charge on any atom is 0.108 e. The van der Waals surface area contributed by atoms with Crippen molar-refractivity contribution in [3.05, 3.63) is 34.3 Å². The molecule has 1 saturated carbocycles. The molecular weight excluding hydrogens is 290 g/mol. The van der Waals surface area contributed by atoms with Crippen LogP contribution in [-0.2, 0) is 5.60 Å². The zero-order valence-corrected chi connectivity index (χ0v) is 12.2. The van der Waals surface area contributed by atoms with Crippen molar-refractivity contribution >= 4 is 15.9 Å². The van der Waals surface area contributed by atoms with Crippen LogP contribution in [0.25, 0.3) is 0 Å². The summed E-state index contributed by atoms with van der Waals surface area (Å²) >= 11 is 3.44. The normalized spacial score (nSPS) is 21.2. The molecule has 0 spiro atoms. The van der Waals surface area contributed by atoms with E-state index in [1.807, 2.05) is 31.2 Å². The van der Waals surface area contributed by atoms with Gasteiger partial charge in [0.05, 0.1) is 11.5 Å². The monoisotopic (exact) mass is 307 g/mol. The van der Waals surface area contributed by atoms with Crippen molar-refractivity contribution < 1.29 is 5.11 Å². The van der Waals surface area contributed by atoms with Crippen LogP contribution in [0.3, 0.4) is 0 Å². The third-order valence-corrected chi connectivity index (χ3v) is 4.77. The molecule has 1 aliphatic carbocycles. The number of hydrogen-bond donors (Lipinski definition) is 1. The van der Waals surface area contributed by atoms with E-state index in [1.165, 1.54) is 0 Å². The predicted molar refractivity (Wildman–Crippen MR) is 74.8 cm³/mol. The van der Waals surface area contributed by atoms with Gasteiger partial charge in [-0.25, -0.2) is 0 Å². The van der Waals surface area contributed by atoms with Crippen LogP contribution >= 0.6 is 15.9 Å². The molecule has 0 bridgehead atoms. The summed E-state index contributed by atoms with van der Waals surface area (Å²) in [4.78, 5) is 0. The fraction of sp³-hybridized carbons (Fsp3) is 0.533. The van der Waals surface area contributed by atoms with Crippen molar-refractivity contribution in [2.24, 2.45) is 5.41 Å². The molecule has 1 unspecified atom stereocenters. The zero-order chi connectivity index (χ0) is 13.2. The summed E-state index contributed by atoms with van der Waals surface area (Å²) in [5.41, 5.74) is -0.812. The highest BCUT2D eigenvalue weighted by Crippen LogP contribution is 2.52. The van der Waals surface area contributed by atoms with E-state index in [-0.39, 0.29) is 0 Å². The van der Waals surface area contributed by atoms with Crippen LogP contribution in [0.5, 0.6) is 0 Å². The molecule has 2 rings (SSSR count). The summed E-state index contributed by atoms with van der Waals surface area (Å²) in [5.74, 6) is 0. The minimum atomic E-state index is -1.04. The largest absolute Gasteiger partial charge is 0.383 e. The van der Waals surface area contributed by atoms with E-state index in [2.05, 4.69) is 22.0 Å². The molecule has 1 aromatic carbocycles. The number of aliphatic hydroxyl groups is 1. The molecule has 3 heteroatoms. The lowest BCUT2D eigenvalue weighted by molar-refractivity contribution is -0.0627. The van der Waals surface area contributed by atoms with Crippen molar-refractivity contribution in [3.8, 4) is 6.07 Å². The maximum atomic E-state index is 11.1. The highest BCUT2D eigenvalue weighted by Gasteiger charge is 2.52. The van der Waals surface area contributed by atoms with Gasteiger partial charge in [0.25, 0.3) is 0 Å². The van der Waals surface area contributed by atoms with Crippen LogP contribution in [-0.4, -0.2) is 5.11 Å². The lowest BCUT2D eigenvalue weighted by Crippen LogP contribution is -2.43. The fourth-order valence-corrected chi connectivity index (χ4v) is 3.56. The Bertz CT molecular complexity index is 474. The standard InChI is InChI=1S/C15H18BrNO/c1-2-15(18,12-6-5-7-13(16)10-12)14(11-17)8-3-4-9-14/h5-7,10,18H,2-4,8-9H2,1H3. The van der Waals surface area contributed by atoms with Gasteiger partial charge in [-0.15, -0.1) is 0 Å². The van der Waals surface area contributed by atoms with E-state index in [9.17, 15) is 10.4 Å². The Kier molecular flexibility index (Phi) is 3.79. The number of benzene rings is 1. The first-order valence-corrected chi connectivity index (χ1v) is 7.27. The first-order valence-electron chi connectivity index (χ1n) is 6.48. The molecular formula is C15H18BrNO. The Morgan fingerprint density at radius 1 is 1.44 bits per heavy atom. The minimum absolute atomic E-state index is 0.566. The quantitative estimate of drug-likeness (QED) is 0.912. The van der Waals surface area contributed by atoms with E-state index >= 15 is 0 Å². The lowest BCUT2D eigenvalue weighted by atomic mass is 9.66. The minimum Gasteiger partial charge on any atom is -0.383 e. The Morgan fingerprint density at radius 3 is 2.61 bits per heavy atom. The molecule has 0 saturated heterocycles. The third kappa shape index (κ3) is 1.98. The van der Waals surface area contributed by atoms with E-state index in [0.29, 0.717) is 6.42 Å². The number of nitrogens with zero attached hydrogens (tertiary/aromatic N) is 1. The van der Waals surface area contributed by atoms with Gasteiger partial charge in [-0.1, -0.05) is 47.8 Å². The summed E-state index contributed by atoms with van der Waals surface area (Å²) in [6.45, 7) is 1.96. The highest BCUT2D eigenvalue weighted by atomic mass is 79.9. The Labute approximate surface area is 117 Å². The second-order valence-electron chi connectivity index (χ2n) is 5.13. The van der Waals surface area contributed by atoms with Crippen molar-refractivity contribution in [1.29, 1.82) is 5.26 Å². The lowest BCUT2D eigenvalue weighted by Gasteiger charge is -2.40. The Hall–Kier alpha value is -0.850. The number of rotatable bonds is 3. The summed E-state index contributed by atoms with van der Waals surface area (Å²) in [6, 6.07) is 10.1. The van der Waals surface area contributed by atoms with Crippen LogP contribution < -0.4 is 0 Å². The topological polar surface area (TPSA) is 44.0 Å². The molecule has 0 heterocycles. The molecule has 2 nitrogen and oxygen atoms in total. The molecule has 18 heavy (non-hydrogen) atoms. The second-order valence-corrected chi connectivity index (χ2v) is 6.04. The van der Waals surface area contributed by atoms with E-state index in [1.54, 1.807) is 0 Å². The molecule has 1 atom stereocenters. The molecule has 0 amide bonds. The molecule has 96 valence electrons. The van der Waals surface area contributed by atoms with Crippen LogP contribution in [0.1, 0.15) is 44.6 Å². The van der Waals surface area contributed by atoms with Crippen molar-refractivity contribution in [1.82, 2.24) is 0 Å². The van der Waals surface area contributed by atoms with E-state index < -0.39 is 11.0 Å². The molecule has 0 aliphatic heterocycles. The van der Waals surface area contributed by atoms with Gasteiger partial charge in [-0.05, 0) is 37.0 Å².